The Labute approximate surface area is 264 Å². The van der Waals surface area contributed by atoms with Gasteiger partial charge in [-0.15, -0.1) is 0 Å². The fourth-order valence-corrected chi connectivity index (χ4v) is 6.96. The highest BCUT2D eigenvalue weighted by Crippen LogP contribution is 2.32. The fourth-order valence-electron chi connectivity index (χ4n) is 6.96. The Bertz CT molecular complexity index is 697. The van der Waals surface area contributed by atoms with Crippen molar-refractivity contribution in [1.29, 1.82) is 0 Å². The third-order valence-corrected chi connectivity index (χ3v) is 9.31. The number of rotatable bonds is 31. The van der Waals surface area contributed by atoms with Gasteiger partial charge in [-0.25, -0.2) is 14.4 Å². The minimum absolute atomic E-state index is 0.195. The van der Waals surface area contributed by atoms with Crippen LogP contribution in [-0.2, 0) is 14.4 Å². The fraction of sp³-hybridized carbons (Fsp3) is 0.861. The van der Waals surface area contributed by atoms with Gasteiger partial charge in [-0.1, -0.05) is 136 Å². The molecule has 0 bridgehead atoms. The summed E-state index contributed by atoms with van der Waals surface area (Å²) in [5.74, 6) is -3.34. The number of carboxylic acids is 3. The maximum absolute atomic E-state index is 12.3. The zero-order valence-electron chi connectivity index (χ0n) is 28.4. The quantitative estimate of drug-likeness (QED) is 0.0409. The lowest BCUT2D eigenvalue weighted by Gasteiger charge is -2.49. The van der Waals surface area contributed by atoms with Crippen molar-refractivity contribution in [3.63, 3.8) is 0 Å². The molecule has 0 aliphatic rings. The number of nitrogens with zero attached hydrogens (tertiary/aromatic N) is 1. The molecule has 3 atom stereocenters. The van der Waals surface area contributed by atoms with Gasteiger partial charge in [0.15, 0.2) is 18.1 Å². The van der Waals surface area contributed by atoms with Crippen LogP contribution in [-0.4, -0.2) is 62.4 Å². The molecule has 0 aliphatic carbocycles. The molecule has 0 heterocycles. The molecule has 0 aromatic heterocycles. The van der Waals surface area contributed by atoms with Gasteiger partial charge in [-0.05, 0) is 32.1 Å². The molecule has 43 heavy (non-hydrogen) atoms. The molecule has 3 unspecified atom stereocenters. The van der Waals surface area contributed by atoms with Crippen LogP contribution in [0, 0.1) is 0 Å². The van der Waals surface area contributed by atoms with E-state index in [0.29, 0.717) is 6.42 Å². The summed E-state index contributed by atoms with van der Waals surface area (Å²) >= 11 is 0. The van der Waals surface area contributed by atoms with E-state index in [0.717, 1.165) is 19.3 Å². The first kappa shape index (κ1) is 41.1. The maximum Gasteiger partial charge on any atom is 0.362 e. The van der Waals surface area contributed by atoms with E-state index in [4.69, 9.17) is 0 Å². The predicted molar refractivity (Wildman–Crippen MR) is 177 cm³/mol. The Balaban J connectivity index is 4.27. The molecule has 0 aromatic carbocycles. The summed E-state index contributed by atoms with van der Waals surface area (Å²) in [5.41, 5.74) is 0. The molecule has 0 aromatic rings. The second-order valence-corrected chi connectivity index (χ2v) is 12.6. The van der Waals surface area contributed by atoms with Crippen molar-refractivity contribution in [3.8, 4) is 0 Å². The Kier molecular flexibility index (Phi) is 25.3. The average molecular weight is 611 g/mol. The normalized spacial score (nSPS) is 15.3. The molecule has 0 saturated carbocycles. The second kappa shape index (κ2) is 26.5. The topological polar surface area (TPSA) is 112 Å². The first-order valence-electron chi connectivity index (χ1n) is 17.9. The smallest absolute Gasteiger partial charge is 0.362 e. The van der Waals surface area contributed by atoms with Crippen LogP contribution in [0.2, 0.25) is 0 Å². The molecule has 7 nitrogen and oxygen atoms in total. The van der Waals surface area contributed by atoms with E-state index >= 15 is 0 Å². The van der Waals surface area contributed by atoms with Gasteiger partial charge in [0.1, 0.15) is 0 Å². The molecular formula is C36H68NO6+. The highest BCUT2D eigenvalue weighted by molar-refractivity contribution is 5.78. The number of hydrogen-bond acceptors (Lipinski definition) is 3. The zero-order valence-corrected chi connectivity index (χ0v) is 28.4. The first-order valence-corrected chi connectivity index (χ1v) is 17.9. The second-order valence-electron chi connectivity index (χ2n) is 12.6. The summed E-state index contributed by atoms with van der Waals surface area (Å²) in [7, 11) is 0. The molecule has 0 aliphatic heterocycles. The van der Waals surface area contributed by atoms with Gasteiger partial charge in [0.05, 0.1) is 6.54 Å². The summed E-state index contributed by atoms with van der Waals surface area (Å²) < 4.78 is -0.402. The van der Waals surface area contributed by atoms with Crippen LogP contribution < -0.4 is 0 Å². The van der Waals surface area contributed by atoms with Crippen LogP contribution >= 0.6 is 0 Å². The lowest BCUT2D eigenvalue weighted by molar-refractivity contribution is -0.973. The summed E-state index contributed by atoms with van der Waals surface area (Å²) in [6.45, 7) is 7.64. The number of quaternary nitrogens is 1. The molecule has 0 radical (unpaired) electrons. The summed E-state index contributed by atoms with van der Waals surface area (Å²) in [4.78, 5) is 36.9. The molecule has 3 N–H and O–H groups in total. The summed E-state index contributed by atoms with van der Waals surface area (Å²) in [6.07, 6.45) is 29.8. The third-order valence-electron chi connectivity index (χ3n) is 9.31. The van der Waals surface area contributed by atoms with Crippen LogP contribution in [0.5, 0.6) is 0 Å². The van der Waals surface area contributed by atoms with Gasteiger partial charge >= 0.3 is 17.9 Å². The van der Waals surface area contributed by atoms with Gasteiger partial charge in [-0.3, -0.25) is 4.48 Å². The van der Waals surface area contributed by atoms with Gasteiger partial charge in [-0.2, -0.15) is 0 Å². The zero-order chi connectivity index (χ0) is 32.3. The van der Waals surface area contributed by atoms with Crippen molar-refractivity contribution in [2.45, 2.75) is 193 Å². The predicted octanol–water partition coefficient (Wildman–Crippen LogP) is 9.77. The van der Waals surface area contributed by atoms with E-state index in [1.54, 1.807) is 20.8 Å². The van der Waals surface area contributed by atoms with E-state index in [2.05, 4.69) is 19.1 Å². The Morgan fingerprint density at radius 1 is 0.465 bits per heavy atom. The van der Waals surface area contributed by atoms with Crippen LogP contribution in [0.25, 0.3) is 0 Å². The number of unbranched alkanes of at least 4 members (excludes halogenated alkanes) is 18. The number of carboxylic acid groups (broad SMARTS) is 3. The standard InChI is InChI=1S/C36H67NO6/c1-5-9-10-11-12-13-14-15-16-17-18-19-20-21-22-23-24-25-26-27-28-29-30-37(31(6-2)34(38)39,32(7-3)35(40)41)33(8-4)36(42)43/h11-12,31-33H,5-10,13-30H2,1-4H3,(H2-,38,39,40,41,42,43)/p+1/b12-11+. The summed E-state index contributed by atoms with van der Waals surface area (Å²) in [6, 6.07) is -3.18. The third kappa shape index (κ3) is 16.7. The highest BCUT2D eigenvalue weighted by Gasteiger charge is 2.55. The molecule has 0 rings (SSSR count). The molecule has 0 amide bonds. The van der Waals surface area contributed by atoms with Crippen molar-refractivity contribution < 1.29 is 34.2 Å². The van der Waals surface area contributed by atoms with Crippen molar-refractivity contribution in [2.75, 3.05) is 6.54 Å². The van der Waals surface area contributed by atoms with Gasteiger partial charge in [0.25, 0.3) is 0 Å². The highest BCUT2D eigenvalue weighted by atomic mass is 16.4. The minimum Gasteiger partial charge on any atom is -0.477 e. The van der Waals surface area contributed by atoms with Gasteiger partial charge < -0.3 is 15.3 Å². The average Bonchev–Trinajstić information content (AvgIpc) is 2.96. The lowest BCUT2D eigenvalue weighted by Crippen LogP contribution is -2.72. The van der Waals surface area contributed by atoms with E-state index in [9.17, 15) is 29.7 Å². The summed E-state index contributed by atoms with van der Waals surface area (Å²) in [5, 5.41) is 30.1. The number of aliphatic carboxylic acids is 3. The van der Waals surface area contributed by atoms with Crippen LogP contribution in [0.15, 0.2) is 12.2 Å². The lowest BCUT2D eigenvalue weighted by atomic mass is 9.93. The monoisotopic (exact) mass is 611 g/mol. The van der Waals surface area contributed by atoms with E-state index < -0.39 is 40.5 Å². The minimum atomic E-state index is -1.11. The van der Waals surface area contributed by atoms with Crippen molar-refractivity contribution >= 4 is 17.9 Å². The Hall–Kier alpha value is -1.89. The molecule has 252 valence electrons. The molecule has 0 fully saturated rings. The van der Waals surface area contributed by atoms with E-state index in [1.807, 2.05) is 0 Å². The van der Waals surface area contributed by atoms with Crippen molar-refractivity contribution in [1.82, 2.24) is 0 Å². The molecule has 0 saturated heterocycles. The van der Waals surface area contributed by atoms with Gasteiger partial charge in [0, 0.05) is 19.3 Å². The number of carbonyl (C=O) groups is 3. The Morgan fingerprint density at radius 3 is 1.02 bits per heavy atom. The number of hydrogen-bond donors (Lipinski definition) is 3. The van der Waals surface area contributed by atoms with Crippen LogP contribution in [0.1, 0.15) is 175 Å². The molecular weight excluding hydrogens is 542 g/mol. The Morgan fingerprint density at radius 2 is 0.744 bits per heavy atom. The first-order chi connectivity index (χ1) is 20.7. The largest absolute Gasteiger partial charge is 0.477 e. The van der Waals surface area contributed by atoms with Crippen molar-refractivity contribution in [3.05, 3.63) is 12.2 Å². The maximum atomic E-state index is 12.3. The molecule has 7 heteroatoms. The van der Waals surface area contributed by atoms with Crippen molar-refractivity contribution in [2.24, 2.45) is 0 Å². The van der Waals surface area contributed by atoms with Crippen LogP contribution in [0.3, 0.4) is 0 Å². The SMILES string of the molecule is CCCC/C=C/CCCCCCCCCCCCCCCCCC[N+](C(CC)C(=O)O)(C(CC)C(=O)O)C(CC)C(=O)O. The van der Waals surface area contributed by atoms with E-state index in [-0.39, 0.29) is 25.8 Å². The van der Waals surface area contributed by atoms with Crippen LogP contribution in [0.4, 0.5) is 0 Å². The number of allylic oxidation sites excluding steroid dienone is 2. The van der Waals surface area contributed by atoms with E-state index in [1.165, 1.54) is 103 Å². The molecule has 0 spiro atoms. The van der Waals surface area contributed by atoms with Gasteiger partial charge in [0.2, 0.25) is 0 Å².